The molecule has 0 aliphatic heterocycles. The van der Waals surface area contributed by atoms with Gasteiger partial charge in [-0.1, -0.05) is 47.6 Å². The third-order valence-electron chi connectivity index (χ3n) is 5.31. The summed E-state index contributed by atoms with van der Waals surface area (Å²) in [5, 5.41) is 1.97. The summed E-state index contributed by atoms with van der Waals surface area (Å²) < 4.78 is 3.71. The van der Waals surface area contributed by atoms with Crippen molar-refractivity contribution in [3.05, 3.63) is 92.4 Å². The average molecular weight is 452 g/mol. The molecule has 0 saturated carbocycles. The van der Waals surface area contributed by atoms with E-state index in [0.717, 1.165) is 11.1 Å². The van der Waals surface area contributed by atoms with Gasteiger partial charge in [-0.05, 0) is 55.5 Å². The van der Waals surface area contributed by atoms with Gasteiger partial charge < -0.3 is 4.57 Å². The molecule has 4 rings (SSSR count). The summed E-state index contributed by atoms with van der Waals surface area (Å²) in [7, 11) is 0. The van der Waals surface area contributed by atoms with Crippen LogP contribution in [0.4, 0.5) is 0 Å². The molecule has 31 heavy (non-hydrogen) atoms. The molecule has 0 amide bonds. The van der Waals surface area contributed by atoms with E-state index in [1.807, 2.05) is 55.1 Å². The van der Waals surface area contributed by atoms with Gasteiger partial charge in [0.15, 0.2) is 10.9 Å². The van der Waals surface area contributed by atoms with Crippen molar-refractivity contribution >= 4 is 40.2 Å². The summed E-state index contributed by atoms with van der Waals surface area (Å²) in [5.41, 5.74) is 3.85. The molecule has 0 fully saturated rings. The van der Waals surface area contributed by atoms with E-state index in [1.165, 1.54) is 11.8 Å². The number of aryl methyl sites for hydroxylation is 1. The first-order valence-electron chi connectivity index (χ1n) is 9.96. The molecule has 0 aliphatic carbocycles. The predicted octanol–water partition coefficient (Wildman–Crippen LogP) is 5.18. The van der Waals surface area contributed by atoms with Gasteiger partial charge in [-0.2, -0.15) is 0 Å². The van der Waals surface area contributed by atoms with Gasteiger partial charge in [-0.15, -0.1) is 0 Å². The molecule has 0 aliphatic rings. The highest BCUT2D eigenvalue weighted by Crippen LogP contribution is 2.21. The summed E-state index contributed by atoms with van der Waals surface area (Å²) >= 11 is 7.38. The minimum absolute atomic E-state index is 0.00277. The topological polar surface area (TPSA) is 56.9 Å². The number of carbonyl (C=O) groups excluding carboxylic acids is 1. The highest BCUT2D eigenvalue weighted by molar-refractivity contribution is 7.98. The quantitative estimate of drug-likeness (QED) is 0.230. The van der Waals surface area contributed by atoms with E-state index in [4.69, 9.17) is 16.6 Å². The molecule has 4 aromatic rings. The van der Waals surface area contributed by atoms with Gasteiger partial charge in [-0.25, -0.2) is 4.98 Å². The Bertz CT molecular complexity index is 1320. The second-order valence-electron chi connectivity index (χ2n) is 7.32. The van der Waals surface area contributed by atoms with Crippen molar-refractivity contribution in [1.82, 2.24) is 14.1 Å². The smallest absolute Gasteiger partial charge is 0.263 e. The number of ketones is 1. The Hall–Kier alpha value is -2.83. The van der Waals surface area contributed by atoms with Crippen LogP contribution in [0.5, 0.6) is 0 Å². The lowest BCUT2D eigenvalue weighted by atomic mass is 10.0. The van der Waals surface area contributed by atoms with Crippen LogP contribution in [0.2, 0.25) is 5.02 Å². The predicted molar refractivity (Wildman–Crippen MR) is 127 cm³/mol. The first-order chi connectivity index (χ1) is 14.9. The summed E-state index contributed by atoms with van der Waals surface area (Å²) in [6, 6.07) is 14.4. The number of hydrogen-bond acceptors (Lipinski definition) is 4. The van der Waals surface area contributed by atoms with Crippen LogP contribution in [-0.2, 0) is 13.1 Å². The highest BCUT2D eigenvalue weighted by atomic mass is 35.5. The SMILES string of the molecule is CCn1c(SC)nc2c(c(C)cn2Cc2ccc(C(=O)c3ccc(Cl)cc3)cc2)c1=O. The highest BCUT2D eigenvalue weighted by Gasteiger charge is 2.16. The van der Waals surface area contributed by atoms with Gasteiger partial charge in [0.2, 0.25) is 0 Å². The third-order valence-corrected chi connectivity index (χ3v) is 6.23. The van der Waals surface area contributed by atoms with Crippen molar-refractivity contribution in [2.45, 2.75) is 32.1 Å². The fourth-order valence-electron chi connectivity index (χ4n) is 3.72. The number of nitrogens with zero attached hydrogens (tertiary/aromatic N) is 3. The molecule has 5 nitrogen and oxygen atoms in total. The van der Waals surface area contributed by atoms with Crippen molar-refractivity contribution in [2.24, 2.45) is 0 Å². The Labute approximate surface area is 189 Å². The van der Waals surface area contributed by atoms with Gasteiger partial charge in [-0.3, -0.25) is 14.2 Å². The number of carbonyl (C=O) groups is 1. The van der Waals surface area contributed by atoms with Crippen LogP contribution in [0.3, 0.4) is 0 Å². The van der Waals surface area contributed by atoms with Crippen LogP contribution in [0.25, 0.3) is 11.0 Å². The number of fused-ring (bicyclic) bond motifs is 1. The lowest BCUT2D eigenvalue weighted by Gasteiger charge is -2.10. The first-order valence-corrected chi connectivity index (χ1v) is 11.6. The molecule has 0 atom stereocenters. The minimum Gasteiger partial charge on any atom is -0.328 e. The third kappa shape index (κ3) is 4.05. The number of halogens is 1. The maximum atomic E-state index is 13.0. The van der Waals surface area contributed by atoms with Gasteiger partial charge >= 0.3 is 0 Å². The van der Waals surface area contributed by atoms with Gasteiger partial charge in [0.05, 0.1) is 5.39 Å². The Morgan fingerprint density at radius 3 is 2.26 bits per heavy atom. The lowest BCUT2D eigenvalue weighted by Crippen LogP contribution is -2.22. The standard InChI is InChI=1S/C24H22ClN3O2S/c1-4-28-23(30)20-15(2)13-27(22(20)26-24(28)31-3)14-16-5-7-17(8-6-16)21(29)18-9-11-19(25)12-10-18/h5-13H,4,14H2,1-3H3. The summed E-state index contributed by atoms with van der Waals surface area (Å²) in [6.45, 7) is 5.05. The summed E-state index contributed by atoms with van der Waals surface area (Å²) in [4.78, 5) is 30.4. The Morgan fingerprint density at radius 2 is 1.68 bits per heavy atom. The van der Waals surface area contributed by atoms with E-state index in [-0.39, 0.29) is 11.3 Å². The molecule has 2 aromatic heterocycles. The Kier molecular flexibility index (Phi) is 6.03. The molecule has 0 saturated heterocycles. The van der Waals surface area contributed by atoms with Crippen molar-refractivity contribution in [1.29, 1.82) is 0 Å². The molecule has 0 radical (unpaired) electrons. The number of benzene rings is 2. The zero-order valence-electron chi connectivity index (χ0n) is 17.6. The first kappa shape index (κ1) is 21.4. The van der Waals surface area contributed by atoms with Crippen LogP contribution >= 0.6 is 23.4 Å². The maximum absolute atomic E-state index is 13.0. The van der Waals surface area contributed by atoms with E-state index in [0.29, 0.717) is 45.4 Å². The number of thioether (sulfide) groups is 1. The van der Waals surface area contributed by atoms with Crippen LogP contribution in [-0.4, -0.2) is 26.2 Å². The van der Waals surface area contributed by atoms with Crippen molar-refractivity contribution in [3.63, 3.8) is 0 Å². The molecule has 7 heteroatoms. The molecular formula is C24H22ClN3O2S. The van der Waals surface area contributed by atoms with Gasteiger partial charge in [0.25, 0.3) is 5.56 Å². The van der Waals surface area contributed by atoms with Crippen molar-refractivity contribution in [2.75, 3.05) is 6.26 Å². The molecule has 2 heterocycles. The molecule has 2 aromatic carbocycles. The average Bonchev–Trinajstić information content (AvgIpc) is 3.09. The number of hydrogen-bond donors (Lipinski definition) is 0. The van der Waals surface area contributed by atoms with E-state index in [9.17, 15) is 9.59 Å². The molecule has 158 valence electrons. The normalized spacial score (nSPS) is 11.2. The summed E-state index contributed by atoms with van der Waals surface area (Å²) in [5.74, 6) is -0.0446. The molecule has 0 bridgehead atoms. The minimum atomic E-state index is -0.0446. The molecule has 0 spiro atoms. The Morgan fingerprint density at radius 1 is 1.06 bits per heavy atom. The fraction of sp³-hybridized carbons (Fsp3) is 0.208. The van der Waals surface area contributed by atoms with Gasteiger partial charge in [0.1, 0.15) is 5.65 Å². The fourth-order valence-corrected chi connectivity index (χ4v) is 4.45. The second-order valence-corrected chi connectivity index (χ2v) is 8.53. The lowest BCUT2D eigenvalue weighted by molar-refractivity contribution is 0.103. The van der Waals surface area contributed by atoms with Crippen molar-refractivity contribution < 1.29 is 4.79 Å². The zero-order chi connectivity index (χ0) is 22.1. The molecular weight excluding hydrogens is 430 g/mol. The number of rotatable bonds is 6. The largest absolute Gasteiger partial charge is 0.328 e. The van der Waals surface area contributed by atoms with E-state index >= 15 is 0 Å². The van der Waals surface area contributed by atoms with E-state index in [1.54, 1.807) is 28.8 Å². The van der Waals surface area contributed by atoms with Crippen LogP contribution in [0.1, 0.15) is 34.0 Å². The van der Waals surface area contributed by atoms with E-state index < -0.39 is 0 Å². The number of aromatic nitrogens is 3. The zero-order valence-corrected chi connectivity index (χ0v) is 19.1. The Balaban J connectivity index is 1.65. The van der Waals surface area contributed by atoms with Crippen LogP contribution < -0.4 is 5.56 Å². The summed E-state index contributed by atoms with van der Waals surface area (Å²) in [6.07, 6.45) is 3.90. The molecule has 0 unspecified atom stereocenters. The monoisotopic (exact) mass is 451 g/mol. The van der Waals surface area contributed by atoms with Crippen molar-refractivity contribution in [3.8, 4) is 0 Å². The van der Waals surface area contributed by atoms with Crippen LogP contribution in [0.15, 0.2) is 64.7 Å². The molecule has 0 N–H and O–H groups in total. The van der Waals surface area contributed by atoms with Gasteiger partial charge in [0, 0.05) is 35.4 Å². The van der Waals surface area contributed by atoms with E-state index in [2.05, 4.69) is 0 Å². The second kappa shape index (κ2) is 8.73. The van der Waals surface area contributed by atoms with Crippen LogP contribution in [0, 0.1) is 6.92 Å². The maximum Gasteiger partial charge on any atom is 0.263 e.